The average Bonchev–Trinajstić information content (AvgIpc) is 2.99. The SMILES string of the molecule is O=C1[C@@H]2[C@H](C(=O)N1CCN1CCOCC1)[C@@]1(Cl)C(Cl)=C(Cl)[C@]2(Cl)C1(Cl)Cl. The molecule has 0 aromatic rings. The fraction of sp³-hybridized carbons (Fsp3) is 0.733. The zero-order chi connectivity index (χ0) is 19.1. The molecule has 2 heterocycles. The van der Waals surface area contributed by atoms with Crippen molar-refractivity contribution in [3.05, 3.63) is 10.1 Å². The molecule has 2 amide bonds. The second-order valence-corrected chi connectivity index (χ2v) is 10.1. The van der Waals surface area contributed by atoms with Crippen LogP contribution in [0.2, 0.25) is 0 Å². The average molecular weight is 483 g/mol. The first-order valence-electron chi connectivity index (χ1n) is 8.07. The van der Waals surface area contributed by atoms with Gasteiger partial charge in [-0.25, -0.2) is 0 Å². The topological polar surface area (TPSA) is 49.9 Å². The van der Waals surface area contributed by atoms with E-state index >= 15 is 0 Å². The Morgan fingerprint density at radius 2 is 1.35 bits per heavy atom. The molecule has 0 aromatic heterocycles. The molecule has 11 heteroatoms. The smallest absolute Gasteiger partial charge is 0.235 e. The van der Waals surface area contributed by atoms with Gasteiger partial charge in [-0.2, -0.15) is 0 Å². The predicted octanol–water partition coefficient (Wildman–Crippen LogP) is 2.77. The Balaban J connectivity index is 1.64. The van der Waals surface area contributed by atoms with E-state index in [0.29, 0.717) is 19.8 Å². The third-order valence-electron chi connectivity index (χ3n) is 5.74. The van der Waals surface area contributed by atoms with Crippen molar-refractivity contribution in [1.82, 2.24) is 9.80 Å². The zero-order valence-corrected chi connectivity index (χ0v) is 17.8. The number of likely N-dealkylation sites (tertiary alicyclic amines) is 1. The first-order chi connectivity index (χ1) is 12.1. The molecule has 2 aliphatic heterocycles. The molecule has 1 saturated carbocycles. The number of hydrogen-bond donors (Lipinski definition) is 0. The lowest BCUT2D eigenvalue weighted by atomic mass is 9.84. The number of ether oxygens (including phenoxy) is 1. The van der Waals surface area contributed by atoms with E-state index in [1.54, 1.807) is 0 Å². The minimum absolute atomic E-state index is 0.0711. The highest BCUT2D eigenvalue weighted by molar-refractivity contribution is 6.66. The van der Waals surface area contributed by atoms with E-state index in [4.69, 9.17) is 74.3 Å². The molecule has 2 bridgehead atoms. The summed E-state index contributed by atoms with van der Waals surface area (Å²) in [5.41, 5.74) is 0. The lowest BCUT2D eigenvalue weighted by molar-refractivity contribution is -0.140. The Labute approximate surface area is 180 Å². The van der Waals surface area contributed by atoms with Crippen LogP contribution >= 0.6 is 69.6 Å². The van der Waals surface area contributed by atoms with Gasteiger partial charge in [0.05, 0.1) is 35.1 Å². The van der Waals surface area contributed by atoms with Crippen LogP contribution in [0, 0.1) is 11.8 Å². The Morgan fingerprint density at radius 3 is 1.81 bits per heavy atom. The second-order valence-electron chi connectivity index (χ2n) is 6.86. The summed E-state index contributed by atoms with van der Waals surface area (Å²) >= 11 is 38.7. The van der Waals surface area contributed by atoms with E-state index in [2.05, 4.69) is 4.90 Å². The molecule has 0 aromatic carbocycles. The first kappa shape index (κ1) is 19.8. The molecule has 0 radical (unpaired) electrons. The normalized spacial score (nSPS) is 42.2. The molecule has 0 spiro atoms. The Kier molecular flexibility index (Phi) is 4.78. The maximum atomic E-state index is 13.0. The molecule has 5 nitrogen and oxygen atoms in total. The Bertz CT molecular complexity index is 678. The monoisotopic (exact) mass is 480 g/mol. The molecule has 0 N–H and O–H groups in total. The van der Waals surface area contributed by atoms with Gasteiger partial charge in [0.15, 0.2) is 4.33 Å². The minimum Gasteiger partial charge on any atom is -0.379 e. The number of fused-ring (bicyclic) bond motifs is 5. The van der Waals surface area contributed by atoms with Gasteiger partial charge in [0, 0.05) is 26.2 Å². The van der Waals surface area contributed by atoms with Gasteiger partial charge >= 0.3 is 0 Å². The molecule has 4 atom stereocenters. The van der Waals surface area contributed by atoms with Crippen LogP contribution in [0.4, 0.5) is 0 Å². The van der Waals surface area contributed by atoms with Gasteiger partial charge in [-0.3, -0.25) is 19.4 Å². The second kappa shape index (κ2) is 6.27. The summed E-state index contributed by atoms with van der Waals surface area (Å²) in [6.07, 6.45) is 0. The van der Waals surface area contributed by atoms with E-state index < -0.39 is 37.7 Å². The van der Waals surface area contributed by atoms with E-state index in [1.807, 2.05) is 0 Å². The molecule has 26 heavy (non-hydrogen) atoms. The van der Waals surface area contributed by atoms with Crippen molar-refractivity contribution in [2.75, 3.05) is 39.4 Å². The van der Waals surface area contributed by atoms with Crippen LogP contribution in [0.25, 0.3) is 0 Å². The number of morpholine rings is 1. The fourth-order valence-corrected chi connectivity index (χ4v) is 7.27. The molecular formula is C15H14Cl6N2O3. The number of carbonyl (C=O) groups is 2. The first-order valence-corrected chi connectivity index (χ1v) is 10.3. The maximum Gasteiger partial charge on any atom is 0.235 e. The van der Waals surface area contributed by atoms with Crippen LogP contribution in [0.1, 0.15) is 0 Å². The number of rotatable bonds is 3. The van der Waals surface area contributed by atoms with Crippen molar-refractivity contribution in [1.29, 1.82) is 0 Å². The third kappa shape index (κ3) is 2.15. The van der Waals surface area contributed by atoms with E-state index in [-0.39, 0.29) is 16.6 Å². The summed E-state index contributed by atoms with van der Waals surface area (Å²) in [6.45, 7) is 3.49. The largest absolute Gasteiger partial charge is 0.379 e. The number of amides is 2. The summed E-state index contributed by atoms with van der Waals surface area (Å²) in [6, 6.07) is 0. The van der Waals surface area contributed by atoms with Crippen LogP contribution in [0.5, 0.6) is 0 Å². The van der Waals surface area contributed by atoms with Crippen molar-refractivity contribution < 1.29 is 14.3 Å². The predicted molar refractivity (Wildman–Crippen MR) is 101 cm³/mol. The summed E-state index contributed by atoms with van der Waals surface area (Å²) in [4.78, 5) is 25.9. The highest BCUT2D eigenvalue weighted by atomic mass is 35.5. The number of hydrogen-bond acceptors (Lipinski definition) is 4. The molecule has 2 saturated heterocycles. The number of halogens is 6. The summed E-state index contributed by atoms with van der Waals surface area (Å²) in [7, 11) is 0. The highest BCUT2D eigenvalue weighted by Crippen LogP contribution is 2.77. The van der Waals surface area contributed by atoms with Gasteiger partial charge < -0.3 is 4.74 Å². The van der Waals surface area contributed by atoms with Crippen molar-refractivity contribution in [3.63, 3.8) is 0 Å². The van der Waals surface area contributed by atoms with Gasteiger partial charge in [-0.15, -0.1) is 23.2 Å². The van der Waals surface area contributed by atoms with E-state index in [0.717, 1.165) is 13.1 Å². The molecular weight excluding hydrogens is 469 g/mol. The summed E-state index contributed by atoms with van der Waals surface area (Å²) in [5, 5.41) is -0.142. The molecule has 0 unspecified atom stereocenters. The number of carbonyl (C=O) groups excluding carboxylic acids is 2. The number of imide groups is 1. The molecule has 4 rings (SSSR count). The lowest BCUT2D eigenvalue weighted by Crippen LogP contribution is -2.51. The Morgan fingerprint density at radius 1 is 0.885 bits per heavy atom. The standard InChI is InChI=1S/C15H14Cl6N2O3/c16-9-10(17)14(19)8-7(13(9,18)15(14,20)21)11(24)23(12(8)25)2-1-22-3-5-26-6-4-22/h7-8H,1-6H2/t7-,8+,13-,14+. The minimum atomic E-state index is -1.88. The zero-order valence-electron chi connectivity index (χ0n) is 13.3. The molecule has 3 fully saturated rings. The third-order valence-corrected chi connectivity index (χ3v) is 10.0. The quantitative estimate of drug-likeness (QED) is 0.458. The number of nitrogens with zero attached hydrogens (tertiary/aromatic N) is 2. The van der Waals surface area contributed by atoms with Crippen molar-refractivity contribution in [3.8, 4) is 0 Å². The highest BCUT2D eigenvalue weighted by Gasteiger charge is 2.87. The summed E-state index contributed by atoms with van der Waals surface area (Å²) in [5.74, 6) is -3.05. The number of allylic oxidation sites excluding steroid dienone is 2. The van der Waals surface area contributed by atoms with Crippen molar-refractivity contribution >= 4 is 81.4 Å². The fourth-order valence-electron chi connectivity index (χ4n) is 4.34. The van der Waals surface area contributed by atoms with Gasteiger partial charge in [0.25, 0.3) is 0 Å². The maximum absolute atomic E-state index is 13.0. The van der Waals surface area contributed by atoms with Crippen LogP contribution in [0.15, 0.2) is 10.1 Å². The van der Waals surface area contributed by atoms with Crippen LogP contribution in [-0.2, 0) is 14.3 Å². The number of alkyl halides is 4. The Hall–Kier alpha value is 0.540. The van der Waals surface area contributed by atoms with Gasteiger partial charge in [-0.05, 0) is 0 Å². The van der Waals surface area contributed by atoms with E-state index in [1.165, 1.54) is 4.90 Å². The lowest BCUT2D eigenvalue weighted by Gasteiger charge is -2.35. The van der Waals surface area contributed by atoms with Crippen LogP contribution in [0.3, 0.4) is 0 Å². The summed E-state index contributed by atoms with van der Waals surface area (Å²) < 4.78 is 3.41. The molecule has 2 aliphatic carbocycles. The molecule has 4 aliphatic rings. The molecule has 144 valence electrons. The van der Waals surface area contributed by atoms with Gasteiger partial charge in [0.1, 0.15) is 9.75 Å². The van der Waals surface area contributed by atoms with Crippen LogP contribution in [-0.4, -0.2) is 75.1 Å². The van der Waals surface area contributed by atoms with Crippen molar-refractivity contribution in [2.24, 2.45) is 11.8 Å². The van der Waals surface area contributed by atoms with Crippen molar-refractivity contribution in [2.45, 2.75) is 14.1 Å². The van der Waals surface area contributed by atoms with E-state index in [9.17, 15) is 9.59 Å². The van der Waals surface area contributed by atoms with Crippen LogP contribution < -0.4 is 0 Å². The van der Waals surface area contributed by atoms with Gasteiger partial charge in [0.2, 0.25) is 11.8 Å². The van der Waals surface area contributed by atoms with Gasteiger partial charge in [-0.1, -0.05) is 46.4 Å².